The number of rotatable bonds is 4. The first-order chi connectivity index (χ1) is 7.20. The van der Waals surface area contributed by atoms with Gasteiger partial charge >= 0.3 is 0 Å². The third kappa shape index (κ3) is 3.18. The van der Waals surface area contributed by atoms with E-state index in [0.29, 0.717) is 13.2 Å². The van der Waals surface area contributed by atoms with Crippen LogP contribution in [0.4, 0.5) is 0 Å². The number of ether oxygens (including phenoxy) is 1. The van der Waals surface area contributed by atoms with Gasteiger partial charge in [0, 0.05) is 19.0 Å². The van der Waals surface area contributed by atoms with Gasteiger partial charge in [0.05, 0.1) is 19.3 Å². The standard InChI is InChI=1S/C11H22N2O2/c1-4-10-8-15-6-5-13(10)11(14)9(2)7-12-3/h9-10,12H,4-8H2,1-3H3. The van der Waals surface area contributed by atoms with E-state index in [1.807, 2.05) is 18.9 Å². The van der Waals surface area contributed by atoms with E-state index in [1.54, 1.807) is 0 Å². The Bertz CT molecular complexity index is 209. The second kappa shape index (κ2) is 6.08. The zero-order valence-electron chi connectivity index (χ0n) is 9.95. The summed E-state index contributed by atoms with van der Waals surface area (Å²) >= 11 is 0. The molecule has 1 rings (SSSR count). The summed E-state index contributed by atoms with van der Waals surface area (Å²) in [5.74, 6) is 0.307. The minimum Gasteiger partial charge on any atom is -0.377 e. The summed E-state index contributed by atoms with van der Waals surface area (Å²) in [6, 6.07) is 0.269. The topological polar surface area (TPSA) is 41.6 Å². The molecule has 1 fully saturated rings. The van der Waals surface area contributed by atoms with Gasteiger partial charge in [-0.1, -0.05) is 13.8 Å². The van der Waals surface area contributed by atoms with Gasteiger partial charge in [-0.2, -0.15) is 0 Å². The average Bonchev–Trinajstić information content (AvgIpc) is 2.28. The molecule has 0 aromatic heterocycles. The number of nitrogens with one attached hydrogen (secondary N) is 1. The average molecular weight is 214 g/mol. The van der Waals surface area contributed by atoms with Crippen LogP contribution in [0.25, 0.3) is 0 Å². The summed E-state index contributed by atoms with van der Waals surface area (Å²) in [5, 5.41) is 3.04. The summed E-state index contributed by atoms with van der Waals surface area (Å²) in [6.07, 6.45) is 0.970. The van der Waals surface area contributed by atoms with E-state index in [-0.39, 0.29) is 17.9 Å². The van der Waals surface area contributed by atoms with Gasteiger partial charge in [-0.15, -0.1) is 0 Å². The maximum absolute atomic E-state index is 12.1. The van der Waals surface area contributed by atoms with Crippen LogP contribution in [0.2, 0.25) is 0 Å². The molecule has 0 aromatic rings. The summed E-state index contributed by atoms with van der Waals surface area (Å²) < 4.78 is 5.38. The van der Waals surface area contributed by atoms with Crippen molar-refractivity contribution in [2.45, 2.75) is 26.3 Å². The molecule has 1 amide bonds. The zero-order valence-corrected chi connectivity index (χ0v) is 9.95. The van der Waals surface area contributed by atoms with E-state index in [4.69, 9.17) is 4.74 Å². The van der Waals surface area contributed by atoms with Gasteiger partial charge in [0.1, 0.15) is 0 Å². The number of carbonyl (C=O) groups is 1. The molecular weight excluding hydrogens is 192 g/mol. The summed E-state index contributed by atoms with van der Waals surface area (Å²) in [7, 11) is 1.88. The van der Waals surface area contributed by atoms with E-state index < -0.39 is 0 Å². The molecule has 4 nitrogen and oxygen atoms in total. The molecule has 0 radical (unpaired) electrons. The highest BCUT2D eigenvalue weighted by atomic mass is 16.5. The van der Waals surface area contributed by atoms with Crippen molar-refractivity contribution in [1.29, 1.82) is 0 Å². The number of carbonyl (C=O) groups excluding carboxylic acids is 1. The molecule has 1 N–H and O–H groups in total. The maximum Gasteiger partial charge on any atom is 0.227 e. The van der Waals surface area contributed by atoms with Crippen LogP contribution in [-0.2, 0) is 9.53 Å². The number of nitrogens with zero attached hydrogens (tertiary/aromatic N) is 1. The van der Waals surface area contributed by atoms with Gasteiger partial charge in [-0.05, 0) is 13.5 Å². The van der Waals surface area contributed by atoms with Crippen molar-refractivity contribution >= 4 is 5.91 Å². The summed E-state index contributed by atoms with van der Waals surface area (Å²) in [5.41, 5.74) is 0. The molecule has 88 valence electrons. The predicted molar refractivity (Wildman–Crippen MR) is 59.7 cm³/mol. The molecule has 2 atom stereocenters. The molecule has 1 aliphatic rings. The lowest BCUT2D eigenvalue weighted by atomic mass is 10.1. The van der Waals surface area contributed by atoms with Crippen LogP contribution in [0.15, 0.2) is 0 Å². The Morgan fingerprint density at radius 1 is 1.67 bits per heavy atom. The van der Waals surface area contributed by atoms with Crippen LogP contribution >= 0.6 is 0 Å². The first-order valence-electron chi connectivity index (χ1n) is 5.73. The largest absolute Gasteiger partial charge is 0.377 e. The Balaban J connectivity index is 2.55. The molecule has 0 aromatic carbocycles. The van der Waals surface area contributed by atoms with Crippen molar-refractivity contribution in [2.24, 2.45) is 5.92 Å². The smallest absolute Gasteiger partial charge is 0.227 e. The minimum absolute atomic E-state index is 0.0575. The SMILES string of the molecule is CCC1COCCN1C(=O)C(C)CNC. The number of amides is 1. The molecule has 15 heavy (non-hydrogen) atoms. The van der Waals surface area contributed by atoms with E-state index >= 15 is 0 Å². The highest BCUT2D eigenvalue weighted by Crippen LogP contribution is 2.13. The van der Waals surface area contributed by atoms with Crippen LogP contribution in [0.5, 0.6) is 0 Å². The number of morpholine rings is 1. The Kier molecular flexibility index (Phi) is 5.05. The predicted octanol–water partition coefficient (Wildman–Crippen LogP) is 0.479. The molecule has 4 heteroatoms. The Hall–Kier alpha value is -0.610. The van der Waals surface area contributed by atoms with Crippen molar-refractivity contribution in [2.75, 3.05) is 33.4 Å². The van der Waals surface area contributed by atoms with Gasteiger partial charge in [-0.25, -0.2) is 0 Å². The van der Waals surface area contributed by atoms with E-state index in [2.05, 4.69) is 12.2 Å². The fourth-order valence-corrected chi connectivity index (χ4v) is 1.96. The zero-order chi connectivity index (χ0) is 11.3. The van der Waals surface area contributed by atoms with Gasteiger partial charge in [-0.3, -0.25) is 4.79 Å². The minimum atomic E-state index is 0.0575. The Labute approximate surface area is 92.0 Å². The van der Waals surface area contributed by atoms with Crippen LogP contribution in [0.1, 0.15) is 20.3 Å². The third-order valence-electron chi connectivity index (χ3n) is 2.91. The lowest BCUT2D eigenvalue weighted by Crippen LogP contribution is -2.51. The van der Waals surface area contributed by atoms with Gasteiger partial charge in [0.2, 0.25) is 5.91 Å². The van der Waals surface area contributed by atoms with Crippen LogP contribution in [0, 0.1) is 5.92 Å². The van der Waals surface area contributed by atoms with Gasteiger partial charge in [0.25, 0.3) is 0 Å². The Morgan fingerprint density at radius 2 is 2.40 bits per heavy atom. The van der Waals surface area contributed by atoms with Gasteiger partial charge in [0.15, 0.2) is 0 Å². The maximum atomic E-state index is 12.1. The van der Waals surface area contributed by atoms with Crippen LogP contribution in [0.3, 0.4) is 0 Å². The molecule has 1 saturated heterocycles. The van der Waals surface area contributed by atoms with E-state index in [0.717, 1.165) is 19.5 Å². The van der Waals surface area contributed by atoms with Crippen molar-refractivity contribution in [3.63, 3.8) is 0 Å². The third-order valence-corrected chi connectivity index (χ3v) is 2.91. The lowest BCUT2D eigenvalue weighted by Gasteiger charge is -2.36. The second-order valence-electron chi connectivity index (χ2n) is 4.13. The highest BCUT2D eigenvalue weighted by Gasteiger charge is 2.28. The lowest BCUT2D eigenvalue weighted by molar-refractivity contribution is -0.143. The molecular formula is C11H22N2O2. The first kappa shape index (κ1) is 12.5. The normalized spacial score (nSPS) is 23.9. The van der Waals surface area contributed by atoms with Crippen molar-refractivity contribution in [1.82, 2.24) is 10.2 Å². The van der Waals surface area contributed by atoms with E-state index in [1.165, 1.54) is 0 Å². The van der Waals surface area contributed by atoms with Crippen LogP contribution in [-0.4, -0.2) is 50.2 Å². The molecule has 0 aliphatic carbocycles. The molecule has 2 unspecified atom stereocenters. The highest BCUT2D eigenvalue weighted by molar-refractivity contribution is 5.79. The van der Waals surface area contributed by atoms with Crippen molar-refractivity contribution in [3.8, 4) is 0 Å². The van der Waals surface area contributed by atoms with Crippen LogP contribution < -0.4 is 5.32 Å². The molecule has 0 spiro atoms. The summed E-state index contributed by atoms with van der Waals surface area (Å²) in [4.78, 5) is 14.1. The monoisotopic (exact) mass is 214 g/mol. The summed E-state index contributed by atoms with van der Waals surface area (Å²) in [6.45, 7) is 6.92. The molecule has 0 saturated carbocycles. The van der Waals surface area contributed by atoms with Crippen molar-refractivity contribution < 1.29 is 9.53 Å². The van der Waals surface area contributed by atoms with Crippen molar-refractivity contribution in [3.05, 3.63) is 0 Å². The molecule has 1 heterocycles. The van der Waals surface area contributed by atoms with Gasteiger partial charge < -0.3 is 15.0 Å². The number of hydrogen-bond acceptors (Lipinski definition) is 3. The molecule has 0 bridgehead atoms. The Morgan fingerprint density at radius 3 is 3.00 bits per heavy atom. The quantitative estimate of drug-likeness (QED) is 0.740. The fourth-order valence-electron chi connectivity index (χ4n) is 1.96. The first-order valence-corrected chi connectivity index (χ1v) is 5.73. The fraction of sp³-hybridized carbons (Fsp3) is 0.909. The number of hydrogen-bond donors (Lipinski definition) is 1. The second-order valence-corrected chi connectivity index (χ2v) is 4.13. The molecule has 1 aliphatic heterocycles. The van der Waals surface area contributed by atoms with E-state index in [9.17, 15) is 4.79 Å².